The number of nitrogens with zero attached hydrogens (tertiary/aromatic N) is 3. The van der Waals surface area contributed by atoms with Gasteiger partial charge in [0.15, 0.2) is 0 Å². The number of fused-ring (bicyclic) bond motifs is 1. The zero-order chi connectivity index (χ0) is 12.7. The summed E-state index contributed by atoms with van der Waals surface area (Å²) in [6.45, 7) is 2.05. The van der Waals surface area contributed by atoms with E-state index in [0.717, 1.165) is 40.4 Å². The normalized spacial score (nSPS) is 13.9. The maximum Gasteiger partial charge on any atom is 0.255 e. The van der Waals surface area contributed by atoms with Gasteiger partial charge in [-0.25, -0.2) is 4.98 Å². The molecule has 18 heavy (non-hydrogen) atoms. The summed E-state index contributed by atoms with van der Waals surface area (Å²) in [5.41, 5.74) is 3.63. The van der Waals surface area contributed by atoms with Crippen LogP contribution < -0.4 is 5.56 Å². The highest BCUT2D eigenvalue weighted by molar-refractivity contribution is 7.98. The van der Waals surface area contributed by atoms with Gasteiger partial charge < -0.3 is 4.98 Å². The van der Waals surface area contributed by atoms with Crippen LogP contribution in [0, 0.1) is 0 Å². The fraction of sp³-hybridized carbons (Fsp3) is 0.417. The summed E-state index contributed by atoms with van der Waals surface area (Å²) in [6, 6.07) is 0. The number of hydrogen-bond donors (Lipinski definition) is 1. The molecule has 2 aromatic heterocycles. The maximum atomic E-state index is 12.0. The van der Waals surface area contributed by atoms with Crippen molar-refractivity contribution in [3.63, 3.8) is 0 Å². The summed E-state index contributed by atoms with van der Waals surface area (Å²) in [5, 5.41) is 4.38. The van der Waals surface area contributed by atoms with Crippen LogP contribution in [0.15, 0.2) is 11.0 Å². The van der Waals surface area contributed by atoms with Gasteiger partial charge in [0.05, 0.1) is 17.0 Å². The van der Waals surface area contributed by atoms with E-state index in [0.29, 0.717) is 5.82 Å². The molecule has 3 rings (SSSR count). The van der Waals surface area contributed by atoms with E-state index < -0.39 is 0 Å². The van der Waals surface area contributed by atoms with Gasteiger partial charge in [-0.3, -0.25) is 9.48 Å². The minimum absolute atomic E-state index is 0.00842. The summed E-state index contributed by atoms with van der Waals surface area (Å²) >= 11 is 1.73. The van der Waals surface area contributed by atoms with Gasteiger partial charge in [-0.2, -0.15) is 16.9 Å². The van der Waals surface area contributed by atoms with Gasteiger partial charge in [-0.05, 0) is 6.42 Å². The van der Waals surface area contributed by atoms with Crippen LogP contribution in [-0.4, -0.2) is 19.7 Å². The summed E-state index contributed by atoms with van der Waals surface area (Å²) in [5.74, 6) is 2.24. The number of nitrogens with one attached hydrogen (secondary N) is 1. The van der Waals surface area contributed by atoms with Crippen molar-refractivity contribution in [3.8, 4) is 11.4 Å². The standard InChI is InChI=1S/C12H14N4OS/c1-3-9-7(4-16(2)15-9)11-13-10-6-18-5-8(10)12(17)14-11/h4H,3,5-6H2,1-2H3,(H,13,14,17). The largest absolute Gasteiger partial charge is 0.306 e. The van der Waals surface area contributed by atoms with Crippen LogP contribution in [0.3, 0.4) is 0 Å². The molecule has 3 heterocycles. The Kier molecular flexibility index (Phi) is 2.74. The molecular formula is C12H14N4OS. The van der Waals surface area contributed by atoms with Crippen molar-refractivity contribution in [3.05, 3.63) is 33.5 Å². The molecular weight excluding hydrogens is 248 g/mol. The number of aryl methyl sites for hydroxylation is 2. The Bertz CT molecular complexity index is 659. The minimum Gasteiger partial charge on any atom is -0.306 e. The van der Waals surface area contributed by atoms with E-state index in [1.165, 1.54) is 0 Å². The average molecular weight is 262 g/mol. The molecule has 94 valence electrons. The molecule has 1 aliphatic heterocycles. The Morgan fingerprint density at radius 1 is 1.50 bits per heavy atom. The summed E-state index contributed by atoms with van der Waals surface area (Å²) in [4.78, 5) is 19.4. The Balaban J connectivity index is 2.18. The van der Waals surface area contributed by atoms with E-state index in [9.17, 15) is 4.79 Å². The first-order valence-corrected chi connectivity index (χ1v) is 7.07. The lowest BCUT2D eigenvalue weighted by Crippen LogP contribution is -2.15. The van der Waals surface area contributed by atoms with E-state index in [-0.39, 0.29) is 5.56 Å². The Morgan fingerprint density at radius 3 is 3.11 bits per heavy atom. The fourth-order valence-electron chi connectivity index (χ4n) is 2.18. The van der Waals surface area contributed by atoms with Crippen molar-refractivity contribution in [2.45, 2.75) is 24.9 Å². The third kappa shape index (κ3) is 1.77. The number of H-pyrrole nitrogens is 1. The SMILES string of the molecule is CCc1nn(C)cc1-c1nc2c(c(=O)[nH]1)CSC2. The molecule has 1 N–H and O–H groups in total. The van der Waals surface area contributed by atoms with Crippen molar-refractivity contribution in [1.82, 2.24) is 19.7 Å². The lowest BCUT2D eigenvalue weighted by Gasteiger charge is -2.02. The van der Waals surface area contributed by atoms with Crippen LogP contribution in [0.4, 0.5) is 0 Å². The van der Waals surface area contributed by atoms with Crippen molar-refractivity contribution in [2.75, 3.05) is 0 Å². The maximum absolute atomic E-state index is 12.0. The highest BCUT2D eigenvalue weighted by atomic mass is 32.2. The molecule has 0 fully saturated rings. The molecule has 0 aromatic carbocycles. The van der Waals surface area contributed by atoms with Crippen LogP contribution in [0.2, 0.25) is 0 Å². The van der Waals surface area contributed by atoms with Gasteiger partial charge in [0.1, 0.15) is 5.82 Å². The van der Waals surface area contributed by atoms with E-state index in [2.05, 4.69) is 15.1 Å². The molecule has 0 unspecified atom stereocenters. The fourth-order valence-corrected chi connectivity index (χ4v) is 3.22. The molecule has 6 heteroatoms. The zero-order valence-electron chi connectivity index (χ0n) is 10.4. The van der Waals surface area contributed by atoms with Crippen LogP contribution in [0.1, 0.15) is 23.9 Å². The second-order valence-corrected chi connectivity index (χ2v) is 5.33. The number of thioether (sulfide) groups is 1. The smallest absolute Gasteiger partial charge is 0.255 e. The molecule has 0 radical (unpaired) electrons. The zero-order valence-corrected chi connectivity index (χ0v) is 11.2. The molecule has 0 saturated heterocycles. The van der Waals surface area contributed by atoms with Gasteiger partial charge in [-0.15, -0.1) is 0 Å². The van der Waals surface area contributed by atoms with Crippen LogP contribution in [0.25, 0.3) is 11.4 Å². The molecule has 5 nitrogen and oxygen atoms in total. The first-order chi connectivity index (χ1) is 8.69. The molecule has 0 aliphatic carbocycles. The number of rotatable bonds is 2. The van der Waals surface area contributed by atoms with Gasteiger partial charge in [0, 0.05) is 30.3 Å². The lowest BCUT2D eigenvalue weighted by molar-refractivity contribution is 0.746. The number of hydrogen-bond acceptors (Lipinski definition) is 4. The number of aromatic nitrogens is 4. The van der Waals surface area contributed by atoms with Gasteiger partial charge in [-0.1, -0.05) is 6.92 Å². The highest BCUT2D eigenvalue weighted by Gasteiger charge is 2.19. The van der Waals surface area contributed by atoms with Gasteiger partial charge in [0.25, 0.3) is 5.56 Å². The second-order valence-electron chi connectivity index (χ2n) is 4.35. The molecule has 0 amide bonds. The van der Waals surface area contributed by atoms with E-state index in [1.807, 2.05) is 20.2 Å². The predicted octanol–water partition coefficient (Wildman–Crippen LogP) is 1.48. The van der Waals surface area contributed by atoms with Crippen molar-refractivity contribution in [2.24, 2.45) is 7.05 Å². The van der Waals surface area contributed by atoms with E-state index >= 15 is 0 Å². The van der Waals surface area contributed by atoms with Crippen molar-refractivity contribution < 1.29 is 0 Å². The second kappa shape index (κ2) is 4.28. The Hall–Kier alpha value is -1.56. The predicted molar refractivity (Wildman–Crippen MR) is 71.4 cm³/mol. The highest BCUT2D eigenvalue weighted by Crippen LogP contribution is 2.27. The van der Waals surface area contributed by atoms with E-state index in [1.54, 1.807) is 16.4 Å². The monoisotopic (exact) mass is 262 g/mol. The summed E-state index contributed by atoms with van der Waals surface area (Å²) < 4.78 is 1.76. The van der Waals surface area contributed by atoms with Crippen LogP contribution in [0.5, 0.6) is 0 Å². The Labute approximate surface area is 109 Å². The third-order valence-corrected chi connectivity index (χ3v) is 4.05. The molecule has 1 aliphatic rings. The molecule has 2 aromatic rings. The van der Waals surface area contributed by atoms with Crippen molar-refractivity contribution in [1.29, 1.82) is 0 Å². The third-order valence-electron chi connectivity index (χ3n) is 3.08. The first kappa shape index (κ1) is 11.5. The molecule has 0 spiro atoms. The Morgan fingerprint density at radius 2 is 2.33 bits per heavy atom. The quantitative estimate of drug-likeness (QED) is 0.890. The average Bonchev–Trinajstić information content (AvgIpc) is 2.94. The van der Waals surface area contributed by atoms with Gasteiger partial charge >= 0.3 is 0 Å². The topological polar surface area (TPSA) is 63.6 Å². The summed E-state index contributed by atoms with van der Waals surface area (Å²) in [6.07, 6.45) is 2.73. The van der Waals surface area contributed by atoms with Gasteiger partial charge in [0.2, 0.25) is 0 Å². The first-order valence-electron chi connectivity index (χ1n) is 5.91. The number of aromatic amines is 1. The van der Waals surface area contributed by atoms with Crippen LogP contribution >= 0.6 is 11.8 Å². The summed E-state index contributed by atoms with van der Waals surface area (Å²) in [7, 11) is 1.88. The lowest BCUT2D eigenvalue weighted by atomic mass is 10.2. The van der Waals surface area contributed by atoms with E-state index in [4.69, 9.17) is 0 Å². The minimum atomic E-state index is -0.00842. The molecule has 0 saturated carbocycles. The van der Waals surface area contributed by atoms with Crippen LogP contribution in [-0.2, 0) is 25.0 Å². The molecule has 0 atom stereocenters. The molecule has 0 bridgehead atoms. The van der Waals surface area contributed by atoms with Crippen molar-refractivity contribution >= 4 is 11.8 Å².